The van der Waals surface area contributed by atoms with Crippen LogP contribution in [0.1, 0.15) is 61.9 Å². The molecule has 33 heavy (non-hydrogen) atoms. The van der Waals surface area contributed by atoms with Gasteiger partial charge in [-0.1, -0.05) is 44.2 Å². The van der Waals surface area contributed by atoms with Crippen molar-refractivity contribution >= 4 is 17.8 Å². The molecule has 0 bridgehead atoms. The summed E-state index contributed by atoms with van der Waals surface area (Å²) in [4.78, 5) is 43.0. The van der Waals surface area contributed by atoms with Gasteiger partial charge in [-0.15, -0.1) is 0 Å². The van der Waals surface area contributed by atoms with E-state index in [2.05, 4.69) is 24.1 Å². The number of imide groups is 1. The molecule has 1 unspecified atom stereocenters. The zero-order chi connectivity index (χ0) is 23.6. The van der Waals surface area contributed by atoms with Gasteiger partial charge in [0.25, 0.3) is 11.8 Å². The van der Waals surface area contributed by atoms with Crippen LogP contribution in [0.15, 0.2) is 48.7 Å². The summed E-state index contributed by atoms with van der Waals surface area (Å²) >= 11 is 0. The SMILES string of the molecule is CC(C)(CC1NC(=O)N(C2CCC(Oc3ncccc3C(N)=O)CC2)C1=O)c1ccccc1. The van der Waals surface area contributed by atoms with Crippen LogP contribution < -0.4 is 15.8 Å². The minimum atomic E-state index is -0.587. The fourth-order valence-corrected chi connectivity index (χ4v) is 4.80. The maximum absolute atomic E-state index is 13.2. The molecule has 1 aromatic carbocycles. The van der Waals surface area contributed by atoms with Crippen molar-refractivity contribution < 1.29 is 19.1 Å². The van der Waals surface area contributed by atoms with Crippen molar-refractivity contribution in [3.8, 4) is 5.88 Å². The molecule has 1 aliphatic heterocycles. The molecule has 1 aliphatic carbocycles. The topological polar surface area (TPSA) is 115 Å². The quantitative estimate of drug-likeness (QED) is 0.629. The van der Waals surface area contributed by atoms with Crippen molar-refractivity contribution in [2.45, 2.75) is 69.6 Å². The summed E-state index contributed by atoms with van der Waals surface area (Å²) in [5, 5.41) is 2.89. The van der Waals surface area contributed by atoms with E-state index in [9.17, 15) is 14.4 Å². The Morgan fingerprint density at radius 2 is 1.82 bits per heavy atom. The molecule has 2 fully saturated rings. The summed E-state index contributed by atoms with van der Waals surface area (Å²) in [7, 11) is 0. The lowest BCUT2D eigenvalue weighted by atomic mass is 9.79. The van der Waals surface area contributed by atoms with Gasteiger partial charge in [0.2, 0.25) is 5.88 Å². The smallest absolute Gasteiger partial charge is 0.325 e. The second-order valence-electron chi connectivity index (χ2n) is 9.43. The number of hydrogen-bond acceptors (Lipinski definition) is 5. The summed E-state index contributed by atoms with van der Waals surface area (Å²) in [5.74, 6) is -0.517. The first-order valence-corrected chi connectivity index (χ1v) is 11.4. The zero-order valence-electron chi connectivity index (χ0n) is 19.0. The van der Waals surface area contributed by atoms with E-state index in [1.54, 1.807) is 18.3 Å². The fraction of sp³-hybridized carbons (Fsp3) is 0.440. The average Bonchev–Trinajstić information content (AvgIpc) is 3.07. The zero-order valence-corrected chi connectivity index (χ0v) is 19.0. The lowest BCUT2D eigenvalue weighted by molar-refractivity contribution is -0.130. The maximum atomic E-state index is 13.2. The van der Waals surface area contributed by atoms with Gasteiger partial charge in [-0.05, 0) is 55.2 Å². The van der Waals surface area contributed by atoms with Gasteiger partial charge in [0.1, 0.15) is 17.7 Å². The lowest BCUT2D eigenvalue weighted by Crippen LogP contribution is -2.44. The van der Waals surface area contributed by atoms with Crippen LogP contribution in [0.25, 0.3) is 0 Å². The van der Waals surface area contributed by atoms with Crippen molar-refractivity contribution in [2.75, 3.05) is 0 Å². The third kappa shape index (κ3) is 4.84. The van der Waals surface area contributed by atoms with Crippen LogP contribution in [0.2, 0.25) is 0 Å². The highest BCUT2D eigenvalue weighted by molar-refractivity contribution is 6.04. The highest BCUT2D eigenvalue weighted by Crippen LogP contribution is 2.33. The number of pyridine rings is 1. The number of benzene rings is 1. The Balaban J connectivity index is 1.36. The number of amides is 4. The van der Waals surface area contributed by atoms with Crippen LogP contribution in [0.3, 0.4) is 0 Å². The first kappa shape index (κ1) is 22.8. The van der Waals surface area contributed by atoms with Crippen molar-refractivity contribution in [3.63, 3.8) is 0 Å². The molecule has 4 amide bonds. The molecule has 1 aromatic heterocycles. The van der Waals surface area contributed by atoms with Crippen molar-refractivity contribution in [1.29, 1.82) is 0 Å². The second kappa shape index (κ2) is 9.21. The molecule has 3 N–H and O–H groups in total. The number of aromatic nitrogens is 1. The average molecular weight is 451 g/mol. The third-order valence-electron chi connectivity index (χ3n) is 6.65. The van der Waals surface area contributed by atoms with E-state index < -0.39 is 11.9 Å². The van der Waals surface area contributed by atoms with Crippen LogP contribution >= 0.6 is 0 Å². The number of carbonyl (C=O) groups is 3. The largest absolute Gasteiger partial charge is 0.474 e. The Hall–Kier alpha value is -3.42. The van der Waals surface area contributed by atoms with Gasteiger partial charge in [0.05, 0.1) is 0 Å². The van der Waals surface area contributed by atoms with E-state index in [1.807, 2.05) is 30.3 Å². The number of nitrogens with two attached hydrogens (primary N) is 1. The van der Waals surface area contributed by atoms with Gasteiger partial charge in [-0.3, -0.25) is 14.5 Å². The van der Waals surface area contributed by atoms with Crippen LogP contribution in [0.4, 0.5) is 4.79 Å². The van der Waals surface area contributed by atoms with E-state index >= 15 is 0 Å². The highest BCUT2D eigenvalue weighted by atomic mass is 16.5. The molecule has 4 rings (SSSR count). The molecule has 174 valence electrons. The predicted molar refractivity (Wildman–Crippen MR) is 123 cm³/mol. The Morgan fingerprint density at radius 3 is 2.48 bits per heavy atom. The molecule has 2 aliphatic rings. The number of ether oxygens (including phenoxy) is 1. The summed E-state index contributed by atoms with van der Waals surface area (Å²) in [5.41, 5.74) is 6.53. The third-order valence-corrected chi connectivity index (χ3v) is 6.65. The summed E-state index contributed by atoms with van der Waals surface area (Å²) in [6.45, 7) is 4.18. The molecule has 8 heteroatoms. The minimum Gasteiger partial charge on any atom is -0.474 e. The Morgan fingerprint density at radius 1 is 1.12 bits per heavy atom. The standard InChI is InChI=1S/C25H30N4O4/c1-25(2,16-7-4-3-5-8-16)15-20-23(31)29(24(32)28-20)17-10-12-18(13-11-17)33-22-19(21(26)30)9-6-14-27-22/h3-9,14,17-18,20H,10-13,15H2,1-2H3,(H2,26,30)(H,28,32). The minimum absolute atomic E-state index is 0.150. The molecule has 1 atom stereocenters. The lowest BCUT2D eigenvalue weighted by Gasteiger charge is -2.33. The Kier molecular flexibility index (Phi) is 6.35. The molecular weight excluding hydrogens is 420 g/mol. The number of nitrogens with zero attached hydrogens (tertiary/aromatic N) is 2. The van der Waals surface area contributed by atoms with E-state index in [4.69, 9.17) is 10.5 Å². The van der Waals surface area contributed by atoms with E-state index in [0.29, 0.717) is 32.1 Å². The molecule has 1 saturated carbocycles. The Labute approximate surface area is 193 Å². The van der Waals surface area contributed by atoms with Crippen molar-refractivity contribution in [1.82, 2.24) is 15.2 Å². The van der Waals surface area contributed by atoms with E-state index in [0.717, 1.165) is 5.56 Å². The van der Waals surface area contributed by atoms with Gasteiger partial charge in [-0.2, -0.15) is 0 Å². The Bertz CT molecular complexity index is 1030. The maximum Gasteiger partial charge on any atom is 0.325 e. The summed E-state index contributed by atoms with van der Waals surface area (Å²) in [6.07, 6.45) is 4.51. The monoisotopic (exact) mass is 450 g/mol. The molecule has 0 radical (unpaired) electrons. The number of primary amides is 1. The van der Waals surface area contributed by atoms with Crippen LogP contribution in [-0.2, 0) is 10.2 Å². The highest BCUT2D eigenvalue weighted by Gasteiger charge is 2.45. The molecular formula is C25H30N4O4. The van der Waals surface area contributed by atoms with E-state index in [1.165, 1.54) is 4.90 Å². The number of carbonyl (C=O) groups excluding carboxylic acids is 3. The number of nitrogens with one attached hydrogen (secondary N) is 1. The molecule has 8 nitrogen and oxygen atoms in total. The van der Waals surface area contributed by atoms with Crippen molar-refractivity contribution in [3.05, 3.63) is 59.8 Å². The molecule has 1 saturated heterocycles. The number of hydrogen-bond donors (Lipinski definition) is 2. The first-order chi connectivity index (χ1) is 15.8. The second-order valence-corrected chi connectivity index (χ2v) is 9.43. The molecule has 0 spiro atoms. The van der Waals surface area contributed by atoms with Crippen LogP contribution in [0.5, 0.6) is 5.88 Å². The fourth-order valence-electron chi connectivity index (χ4n) is 4.80. The van der Waals surface area contributed by atoms with Gasteiger partial charge in [0, 0.05) is 12.2 Å². The van der Waals surface area contributed by atoms with Crippen molar-refractivity contribution in [2.24, 2.45) is 5.73 Å². The summed E-state index contributed by atoms with van der Waals surface area (Å²) in [6, 6.07) is 12.2. The normalized spacial score (nSPS) is 23.3. The predicted octanol–water partition coefficient (Wildman–Crippen LogP) is 3.16. The summed E-state index contributed by atoms with van der Waals surface area (Å²) < 4.78 is 5.93. The molecule has 2 aromatic rings. The van der Waals surface area contributed by atoms with Gasteiger partial charge < -0.3 is 15.8 Å². The van der Waals surface area contributed by atoms with E-state index in [-0.39, 0.29) is 40.9 Å². The first-order valence-electron chi connectivity index (χ1n) is 11.4. The van der Waals surface area contributed by atoms with Crippen LogP contribution in [0, 0.1) is 0 Å². The van der Waals surface area contributed by atoms with Crippen LogP contribution in [-0.4, -0.2) is 45.9 Å². The number of rotatable bonds is 7. The van der Waals surface area contributed by atoms with Gasteiger partial charge in [-0.25, -0.2) is 9.78 Å². The molecule has 2 heterocycles. The number of urea groups is 1. The van der Waals surface area contributed by atoms with Gasteiger partial charge in [0.15, 0.2) is 0 Å². The van der Waals surface area contributed by atoms with Gasteiger partial charge >= 0.3 is 6.03 Å².